The van der Waals surface area contributed by atoms with Gasteiger partial charge in [0.1, 0.15) is 5.82 Å². The minimum atomic E-state index is -0.537. The van der Waals surface area contributed by atoms with Crippen LogP contribution in [0.5, 0.6) is 0 Å². The maximum atomic E-state index is 13.2. The highest BCUT2D eigenvalue weighted by molar-refractivity contribution is 5.92. The molecule has 2 fully saturated rings. The summed E-state index contributed by atoms with van der Waals surface area (Å²) in [6.07, 6.45) is 10.4. The molecule has 1 aromatic carbocycles. The Bertz CT molecular complexity index is 1890. The molecule has 1 atom stereocenters. The lowest BCUT2D eigenvalue weighted by molar-refractivity contribution is 0.0657. The number of hydrogen-bond donors (Lipinski definition) is 2. The Kier molecular flexibility index (Phi) is 6.23. The highest BCUT2D eigenvalue weighted by atomic mass is 16.5. The van der Waals surface area contributed by atoms with Gasteiger partial charge in [-0.25, -0.2) is 9.97 Å². The van der Waals surface area contributed by atoms with Gasteiger partial charge in [0.05, 0.1) is 28.9 Å². The van der Waals surface area contributed by atoms with Crippen molar-refractivity contribution < 1.29 is 14.1 Å². The summed E-state index contributed by atoms with van der Waals surface area (Å²) in [7, 11) is 0. The molecule has 1 saturated heterocycles. The number of ether oxygens (including phenoxy) is 1. The minimum absolute atomic E-state index is 0.0807. The van der Waals surface area contributed by atoms with E-state index in [0.717, 1.165) is 97.4 Å². The molecule has 0 bridgehead atoms. The number of amides is 1. The van der Waals surface area contributed by atoms with Crippen LogP contribution in [-0.2, 0) is 22.1 Å². The number of aromatic amines is 1. The van der Waals surface area contributed by atoms with E-state index in [1.165, 1.54) is 5.56 Å². The third-order valence-electron chi connectivity index (χ3n) is 9.90. The van der Waals surface area contributed by atoms with Gasteiger partial charge in [-0.2, -0.15) is 10.1 Å². The number of hydrogen-bond acceptors (Lipinski definition) is 8. The van der Waals surface area contributed by atoms with Crippen LogP contribution in [0.25, 0.3) is 33.7 Å². The number of aryl methyl sites for hydroxylation is 1. The number of nitrogens with zero attached hydrogens (tertiary/aromatic N) is 6. The van der Waals surface area contributed by atoms with Crippen molar-refractivity contribution in [1.82, 2.24) is 40.2 Å². The molecular formula is C33H36N8O3. The summed E-state index contributed by atoms with van der Waals surface area (Å²) in [4.78, 5) is 30.7. The Balaban J connectivity index is 1.08. The van der Waals surface area contributed by atoms with Crippen molar-refractivity contribution in [3.05, 3.63) is 65.2 Å². The Morgan fingerprint density at radius 3 is 2.75 bits per heavy atom. The predicted octanol–water partition coefficient (Wildman–Crippen LogP) is 5.56. The van der Waals surface area contributed by atoms with Crippen molar-refractivity contribution in [2.24, 2.45) is 0 Å². The van der Waals surface area contributed by atoms with Gasteiger partial charge in [-0.1, -0.05) is 30.3 Å². The molecule has 2 aliphatic carbocycles. The molecular weight excluding hydrogens is 556 g/mol. The average molecular weight is 593 g/mol. The number of pyridine rings is 1. The van der Waals surface area contributed by atoms with Crippen molar-refractivity contribution in [1.29, 1.82) is 0 Å². The summed E-state index contributed by atoms with van der Waals surface area (Å²) < 4.78 is 13.1. The normalized spacial score (nSPS) is 21.3. The van der Waals surface area contributed by atoms with Gasteiger partial charge >= 0.3 is 0 Å². The van der Waals surface area contributed by atoms with Crippen LogP contribution in [0.4, 0.5) is 0 Å². The van der Waals surface area contributed by atoms with Gasteiger partial charge in [0.2, 0.25) is 5.89 Å². The number of benzene rings is 1. The van der Waals surface area contributed by atoms with Crippen molar-refractivity contribution in [3.8, 4) is 22.5 Å². The van der Waals surface area contributed by atoms with Gasteiger partial charge in [0.25, 0.3) is 11.7 Å². The van der Waals surface area contributed by atoms with Crippen LogP contribution in [0, 0.1) is 6.92 Å². The van der Waals surface area contributed by atoms with E-state index in [2.05, 4.69) is 69.1 Å². The minimum Gasteiger partial charge on any atom is -0.381 e. The van der Waals surface area contributed by atoms with Gasteiger partial charge in [-0.15, -0.1) is 0 Å². The lowest BCUT2D eigenvalue weighted by Gasteiger charge is -2.36. The van der Waals surface area contributed by atoms with Crippen LogP contribution in [-0.4, -0.2) is 54.0 Å². The number of H-pyrrole nitrogens is 1. The number of nitrogens with one attached hydrogen (secondary N) is 2. The molecule has 44 heavy (non-hydrogen) atoms. The van der Waals surface area contributed by atoms with Crippen molar-refractivity contribution >= 4 is 17.1 Å². The summed E-state index contributed by atoms with van der Waals surface area (Å²) in [5, 5.41) is 11.9. The van der Waals surface area contributed by atoms with Crippen LogP contribution < -0.4 is 5.32 Å². The number of carbonyl (C=O) groups is 1. The molecule has 11 heteroatoms. The van der Waals surface area contributed by atoms with E-state index in [-0.39, 0.29) is 17.1 Å². The van der Waals surface area contributed by atoms with E-state index in [1.54, 1.807) is 0 Å². The number of imidazole rings is 1. The number of carbonyl (C=O) groups excluding carboxylic acids is 1. The van der Waals surface area contributed by atoms with Gasteiger partial charge in [0, 0.05) is 36.1 Å². The van der Waals surface area contributed by atoms with Crippen LogP contribution in [0.2, 0.25) is 0 Å². The zero-order chi connectivity index (χ0) is 30.1. The van der Waals surface area contributed by atoms with Crippen LogP contribution in [0.15, 0.2) is 41.2 Å². The largest absolute Gasteiger partial charge is 0.381 e. The predicted molar refractivity (Wildman–Crippen MR) is 163 cm³/mol. The third kappa shape index (κ3) is 4.52. The molecule has 5 aromatic rings. The standard InChI is InChI=1S/C33H36N8O3/c1-19-24(18-35-41(19)22-9-15-43-16-10-22)27-36-26-23(8-14-34-28(26)37-27)20-6-7-25-21(17-20)5-4-11-33(25,3)39-30(42)29-38-31(44-40-29)32(2)12-13-32/h6-8,14,17-18,22H,4-5,9-13,15-16H2,1-3H3,(H,39,42)(H,34,36,37)/t33-/m1/s1. The van der Waals surface area contributed by atoms with Crippen molar-refractivity contribution in [2.75, 3.05) is 13.2 Å². The number of aromatic nitrogens is 7. The van der Waals surface area contributed by atoms with E-state index in [1.807, 2.05) is 18.5 Å². The zero-order valence-corrected chi connectivity index (χ0v) is 25.3. The molecule has 0 unspecified atom stereocenters. The summed E-state index contributed by atoms with van der Waals surface area (Å²) in [5.74, 6) is 1.11. The molecule has 1 saturated carbocycles. The van der Waals surface area contributed by atoms with Gasteiger partial charge in [0.15, 0.2) is 5.65 Å². The summed E-state index contributed by atoms with van der Waals surface area (Å²) >= 11 is 0. The summed E-state index contributed by atoms with van der Waals surface area (Å²) in [5.41, 5.74) is 7.47. The number of fused-ring (bicyclic) bond motifs is 2. The third-order valence-corrected chi connectivity index (χ3v) is 9.90. The van der Waals surface area contributed by atoms with E-state index < -0.39 is 5.54 Å². The smallest absolute Gasteiger partial charge is 0.293 e. The second kappa shape index (κ2) is 10.1. The fourth-order valence-electron chi connectivity index (χ4n) is 6.90. The molecule has 5 heterocycles. The highest BCUT2D eigenvalue weighted by Gasteiger charge is 2.45. The van der Waals surface area contributed by atoms with E-state index in [9.17, 15) is 4.79 Å². The lowest BCUT2D eigenvalue weighted by atomic mass is 9.77. The molecule has 1 amide bonds. The fourth-order valence-corrected chi connectivity index (χ4v) is 6.90. The molecule has 0 spiro atoms. The quantitative estimate of drug-likeness (QED) is 0.261. The monoisotopic (exact) mass is 592 g/mol. The van der Waals surface area contributed by atoms with Crippen LogP contribution in [0.3, 0.4) is 0 Å². The first-order valence-electron chi connectivity index (χ1n) is 15.6. The van der Waals surface area contributed by atoms with Gasteiger partial charge < -0.3 is 19.6 Å². The Morgan fingerprint density at radius 1 is 1.09 bits per heavy atom. The van der Waals surface area contributed by atoms with Crippen LogP contribution in [0.1, 0.15) is 91.7 Å². The first kappa shape index (κ1) is 27.2. The molecule has 2 N–H and O–H groups in total. The van der Waals surface area contributed by atoms with E-state index >= 15 is 0 Å². The molecule has 226 valence electrons. The van der Waals surface area contributed by atoms with Gasteiger partial charge in [-0.3, -0.25) is 9.48 Å². The van der Waals surface area contributed by atoms with E-state index in [4.69, 9.17) is 19.3 Å². The molecule has 0 radical (unpaired) electrons. The molecule has 8 rings (SSSR count). The second-order valence-electron chi connectivity index (χ2n) is 13.1. The highest BCUT2D eigenvalue weighted by Crippen LogP contribution is 2.46. The van der Waals surface area contributed by atoms with Crippen molar-refractivity contribution in [2.45, 2.75) is 82.7 Å². The van der Waals surface area contributed by atoms with Crippen molar-refractivity contribution in [3.63, 3.8) is 0 Å². The Labute approximate surface area is 254 Å². The first-order valence-corrected chi connectivity index (χ1v) is 15.6. The second-order valence-corrected chi connectivity index (χ2v) is 13.1. The summed E-state index contributed by atoms with van der Waals surface area (Å²) in [6, 6.07) is 8.88. The zero-order valence-electron chi connectivity index (χ0n) is 25.3. The SMILES string of the molecule is Cc1c(-c2nc3nccc(-c4ccc5c(c4)CCC[C@@]5(C)NC(=O)c4noc(C5(C)CC5)n4)c3[nH]2)cnn1C1CCOCC1. The molecule has 3 aliphatic rings. The fraction of sp³-hybridized carbons (Fsp3) is 0.455. The molecule has 1 aliphatic heterocycles. The first-order chi connectivity index (χ1) is 21.3. The van der Waals surface area contributed by atoms with E-state index in [0.29, 0.717) is 17.6 Å². The average Bonchev–Trinajstić information content (AvgIpc) is 3.40. The molecule has 11 nitrogen and oxygen atoms in total. The Morgan fingerprint density at radius 2 is 1.93 bits per heavy atom. The van der Waals surface area contributed by atoms with Gasteiger partial charge in [-0.05, 0) is 81.5 Å². The molecule has 4 aromatic heterocycles. The Hall–Kier alpha value is -4.38. The topological polar surface area (TPSA) is 137 Å². The summed E-state index contributed by atoms with van der Waals surface area (Å²) in [6.45, 7) is 7.80. The maximum Gasteiger partial charge on any atom is 0.293 e. The number of rotatable bonds is 6. The lowest BCUT2D eigenvalue weighted by Crippen LogP contribution is -2.46. The van der Waals surface area contributed by atoms with Crippen LogP contribution >= 0.6 is 0 Å². The maximum absolute atomic E-state index is 13.2.